The molecule has 4 aromatic carbocycles. The largest absolute Gasteiger partial charge is 0.489 e. The van der Waals surface area contributed by atoms with E-state index in [2.05, 4.69) is 9.97 Å². The second-order valence-electron chi connectivity index (χ2n) is 12.2. The molecular weight excluding hydrogens is 697 g/mol. The topological polar surface area (TPSA) is 106 Å². The van der Waals surface area contributed by atoms with Gasteiger partial charge in [-0.1, -0.05) is 29.8 Å². The lowest BCUT2D eigenvalue weighted by molar-refractivity contribution is -0.0390. The fourth-order valence-electron chi connectivity index (χ4n) is 5.68. The van der Waals surface area contributed by atoms with Gasteiger partial charge < -0.3 is 18.9 Å². The van der Waals surface area contributed by atoms with Gasteiger partial charge in [0, 0.05) is 45.9 Å². The van der Waals surface area contributed by atoms with Gasteiger partial charge in [0.1, 0.15) is 30.5 Å². The number of aryl methyl sites for hydroxylation is 1. The molecule has 1 atom stereocenters. The zero-order chi connectivity index (χ0) is 35.8. The van der Waals surface area contributed by atoms with E-state index < -0.39 is 20.4 Å². The van der Waals surface area contributed by atoms with Crippen LogP contribution in [0, 0.1) is 6.92 Å². The van der Waals surface area contributed by atoms with Crippen LogP contribution in [-0.4, -0.2) is 31.3 Å². The van der Waals surface area contributed by atoms with Crippen molar-refractivity contribution in [3.63, 3.8) is 0 Å². The molecule has 1 unspecified atom stereocenters. The van der Waals surface area contributed by atoms with Gasteiger partial charge in [-0.3, -0.25) is 9.97 Å². The predicted molar refractivity (Wildman–Crippen MR) is 198 cm³/mol. The van der Waals surface area contributed by atoms with Crippen LogP contribution in [0.5, 0.6) is 17.2 Å². The second kappa shape index (κ2) is 16.0. The van der Waals surface area contributed by atoms with Gasteiger partial charge in [0.05, 0.1) is 11.5 Å². The van der Waals surface area contributed by atoms with Gasteiger partial charge in [0.2, 0.25) is 0 Å². The molecule has 0 amide bonds. The Hall–Kier alpha value is -5.20. The van der Waals surface area contributed by atoms with Crippen molar-refractivity contribution in [1.29, 1.82) is 0 Å². The molecule has 9 nitrogen and oxygen atoms in total. The molecule has 1 fully saturated rings. The third-order valence-electron chi connectivity index (χ3n) is 8.40. The van der Waals surface area contributed by atoms with E-state index in [9.17, 15) is 8.42 Å². The Labute approximate surface area is 305 Å². The zero-order valence-corrected chi connectivity index (χ0v) is 30.2. The SMILES string of the molecule is Cc1ccc(S(=O)(=O)OS(c2ccc(OC3CCCO3)cc2)(c2cccc(OCc3ccncc3)c2)c2cccc(OCc3ccncc3)c2)cc1. The highest BCUT2D eigenvalue weighted by Crippen LogP contribution is 2.71. The molecule has 2 aromatic heterocycles. The van der Waals surface area contributed by atoms with Crippen molar-refractivity contribution in [2.24, 2.45) is 0 Å². The molecule has 0 radical (unpaired) electrons. The molecule has 0 spiro atoms. The number of pyridine rings is 2. The minimum atomic E-state index is -4.35. The van der Waals surface area contributed by atoms with Crippen LogP contribution >= 0.6 is 10.3 Å². The molecule has 0 N–H and O–H groups in total. The molecule has 1 saturated heterocycles. The molecule has 52 heavy (non-hydrogen) atoms. The van der Waals surface area contributed by atoms with E-state index in [-0.39, 0.29) is 11.2 Å². The lowest BCUT2D eigenvalue weighted by Gasteiger charge is -2.39. The van der Waals surface area contributed by atoms with Crippen LogP contribution < -0.4 is 14.2 Å². The fraction of sp³-hybridized carbons (Fsp3) is 0.171. The molecule has 11 heteroatoms. The summed E-state index contributed by atoms with van der Waals surface area (Å²) in [4.78, 5) is 10.1. The normalized spacial score (nSPS) is 14.8. The predicted octanol–water partition coefficient (Wildman–Crippen LogP) is 9.06. The molecule has 3 heterocycles. The summed E-state index contributed by atoms with van der Waals surface area (Å²) in [6.07, 6.45) is 8.25. The second-order valence-corrected chi connectivity index (χ2v) is 16.6. The standard InChI is InChI=1S/C41H38N2O7S2/c1-31-10-14-38(15-11-31)52(44,45)50-51(37-16-12-34(13-17-37)49-41-9-4-26-46-41,39-7-2-5-35(27-39)47-29-32-18-22-42-23-19-32)40-8-3-6-36(28-40)48-30-33-20-24-43-25-21-33/h2-3,5-8,10-25,27-28,41H,4,9,26,29-30H2,1H3. The van der Waals surface area contributed by atoms with Gasteiger partial charge in [-0.2, -0.15) is 8.42 Å². The average molecular weight is 735 g/mol. The van der Waals surface area contributed by atoms with Crippen LogP contribution in [0.15, 0.2) is 166 Å². The Morgan fingerprint density at radius 1 is 0.635 bits per heavy atom. The van der Waals surface area contributed by atoms with E-state index in [0.29, 0.717) is 51.8 Å². The summed E-state index contributed by atoms with van der Waals surface area (Å²) in [6.45, 7) is 3.15. The van der Waals surface area contributed by atoms with Gasteiger partial charge in [0.15, 0.2) is 6.29 Å². The Balaban J connectivity index is 1.36. The van der Waals surface area contributed by atoms with E-state index in [1.807, 2.05) is 104 Å². The van der Waals surface area contributed by atoms with Crippen LogP contribution in [0.1, 0.15) is 29.5 Å². The Kier molecular flexibility index (Phi) is 10.8. The smallest absolute Gasteiger partial charge is 0.307 e. The van der Waals surface area contributed by atoms with Crippen molar-refractivity contribution in [3.8, 4) is 17.2 Å². The summed E-state index contributed by atoms with van der Waals surface area (Å²) in [5.74, 6) is 1.70. The average Bonchev–Trinajstić information content (AvgIpc) is 3.70. The maximum absolute atomic E-state index is 14.5. The molecule has 0 aliphatic carbocycles. The summed E-state index contributed by atoms with van der Waals surface area (Å²) in [5.41, 5.74) is 2.81. The number of aromatic nitrogens is 2. The zero-order valence-electron chi connectivity index (χ0n) is 28.5. The van der Waals surface area contributed by atoms with E-state index in [1.165, 1.54) is 0 Å². The fourth-order valence-corrected chi connectivity index (χ4v) is 10.9. The highest BCUT2D eigenvalue weighted by molar-refractivity contribution is 8.33. The first-order valence-corrected chi connectivity index (χ1v) is 19.8. The molecule has 1 aliphatic rings. The van der Waals surface area contributed by atoms with E-state index >= 15 is 0 Å². The summed E-state index contributed by atoms with van der Waals surface area (Å²) in [7, 11) is -7.41. The van der Waals surface area contributed by atoms with E-state index in [1.54, 1.807) is 49.1 Å². The third-order valence-corrected chi connectivity index (χ3v) is 13.6. The molecule has 6 aromatic rings. The molecular formula is C41H38N2O7S2. The minimum Gasteiger partial charge on any atom is -0.489 e. The highest BCUT2D eigenvalue weighted by Gasteiger charge is 2.39. The van der Waals surface area contributed by atoms with E-state index in [4.69, 9.17) is 22.6 Å². The Bertz CT molecular complexity index is 2090. The minimum absolute atomic E-state index is 0.0449. The molecule has 0 saturated carbocycles. The highest BCUT2D eigenvalue weighted by atomic mass is 32.3. The molecule has 266 valence electrons. The number of hydrogen-bond donors (Lipinski definition) is 0. The van der Waals surface area contributed by atoms with Gasteiger partial charge in [-0.25, -0.2) is 3.63 Å². The van der Waals surface area contributed by atoms with Gasteiger partial charge in [-0.05, 0) is 132 Å². The first kappa shape index (κ1) is 35.2. The van der Waals surface area contributed by atoms with Gasteiger partial charge in [0.25, 0.3) is 0 Å². The Morgan fingerprint density at radius 3 is 1.69 bits per heavy atom. The van der Waals surface area contributed by atoms with Crippen LogP contribution in [0.4, 0.5) is 0 Å². The number of benzene rings is 4. The lowest BCUT2D eigenvalue weighted by Crippen LogP contribution is -2.16. The van der Waals surface area contributed by atoms with Crippen molar-refractivity contribution >= 4 is 20.4 Å². The molecule has 7 rings (SSSR count). The van der Waals surface area contributed by atoms with Crippen molar-refractivity contribution < 1.29 is 31.0 Å². The van der Waals surface area contributed by atoms with Crippen molar-refractivity contribution in [1.82, 2.24) is 9.97 Å². The van der Waals surface area contributed by atoms with Crippen molar-refractivity contribution in [3.05, 3.63) is 163 Å². The van der Waals surface area contributed by atoms with Gasteiger partial charge in [-0.15, -0.1) is 0 Å². The van der Waals surface area contributed by atoms with Crippen molar-refractivity contribution in [2.45, 2.75) is 58.9 Å². The summed E-state index contributed by atoms with van der Waals surface area (Å²) in [5, 5.41) is 0. The Morgan fingerprint density at radius 2 is 1.17 bits per heavy atom. The number of nitrogens with zero attached hydrogens (tertiary/aromatic N) is 2. The van der Waals surface area contributed by atoms with Crippen LogP contribution in [0.25, 0.3) is 0 Å². The van der Waals surface area contributed by atoms with Crippen LogP contribution in [-0.2, 0) is 31.7 Å². The maximum Gasteiger partial charge on any atom is 0.307 e. The van der Waals surface area contributed by atoms with Crippen LogP contribution in [0.2, 0.25) is 0 Å². The first-order valence-electron chi connectivity index (χ1n) is 16.9. The number of ether oxygens (including phenoxy) is 4. The van der Waals surface area contributed by atoms with Crippen LogP contribution in [0.3, 0.4) is 0 Å². The third kappa shape index (κ3) is 8.29. The molecule has 0 bridgehead atoms. The summed E-state index contributed by atoms with van der Waals surface area (Å²) >= 11 is 0. The first-order chi connectivity index (χ1) is 25.4. The van der Waals surface area contributed by atoms with Gasteiger partial charge >= 0.3 is 10.1 Å². The summed E-state index contributed by atoms with van der Waals surface area (Å²) in [6, 6.07) is 36.4. The quantitative estimate of drug-likeness (QED) is 0.108. The summed E-state index contributed by atoms with van der Waals surface area (Å²) < 4.78 is 59.9. The monoisotopic (exact) mass is 734 g/mol. The number of rotatable bonds is 14. The number of hydrogen-bond acceptors (Lipinski definition) is 9. The lowest BCUT2D eigenvalue weighted by atomic mass is 10.2. The molecule has 1 aliphatic heterocycles. The maximum atomic E-state index is 14.5. The van der Waals surface area contributed by atoms with Crippen molar-refractivity contribution in [2.75, 3.05) is 6.61 Å². The van der Waals surface area contributed by atoms with E-state index in [0.717, 1.165) is 29.5 Å².